The van der Waals surface area contributed by atoms with Gasteiger partial charge in [0.2, 0.25) is 0 Å². The molecule has 0 N–H and O–H groups in total. The number of aromatic nitrogens is 4. The van der Waals surface area contributed by atoms with Crippen molar-refractivity contribution in [3.05, 3.63) is 47.4 Å². The molecule has 1 aromatic carbocycles. The van der Waals surface area contributed by atoms with Gasteiger partial charge in [-0.05, 0) is 26.0 Å². The Labute approximate surface area is 121 Å². The summed E-state index contributed by atoms with van der Waals surface area (Å²) in [6, 6.07) is 9.69. The largest absolute Gasteiger partial charge is 0.464 e. The summed E-state index contributed by atoms with van der Waals surface area (Å²) in [7, 11) is 1.33. The normalized spacial score (nSPS) is 10.8. The molecule has 6 heteroatoms. The van der Waals surface area contributed by atoms with Crippen LogP contribution in [0.2, 0.25) is 0 Å². The van der Waals surface area contributed by atoms with E-state index in [1.165, 1.54) is 7.11 Å². The molecular weight excluding hydrogens is 268 g/mol. The molecule has 0 bridgehead atoms. The Balaban J connectivity index is 2.27. The standard InChI is InChI=1S/C15H14N4O2/c1-9-13(15(20)21-3)17-12-10(2)18-19(14(12)16-9)11-7-5-4-6-8-11/h4-8H,1-3H3. The van der Waals surface area contributed by atoms with E-state index in [1.807, 2.05) is 37.3 Å². The van der Waals surface area contributed by atoms with Crippen molar-refractivity contribution in [1.29, 1.82) is 0 Å². The van der Waals surface area contributed by atoms with Crippen molar-refractivity contribution >= 4 is 17.1 Å². The molecule has 21 heavy (non-hydrogen) atoms. The molecule has 3 rings (SSSR count). The third kappa shape index (κ3) is 2.14. The third-order valence-electron chi connectivity index (χ3n) is 3.22. The first-order chi connectivity index (χ1) is 10.1. The second-order valence-electron chi connectivity index (χ2n) is 4.65. The first-order valence-electron chi connectivity index (χ1n) is 6.49. The van der Waals surface area contributed by atoms with Gasteiger partial charge in [-0.25, -0.2) is 19.4 Å². The molecule has 0 fully saturated rings. The number of para-hydroxylation sites is 1. The van der Waals surface area contributed by atoms with E-state index >= 15 is 0 Å². The van der Waals surface area contributed by atoms with Gasteiger partial charge >= 0.3 is 5.97 Å². The summed E-state index contributed by atoms with van der Waals surface area (Å²) in [5.74, 6) is -0.492. The zero-order chi connectivity index (χ0) is 15.0. The highest BCUT2D eigenvalue weighted by molar-refractivity contribution is 5.91. The first kappa shape index (κ1) is 13.2. The number of aryl methyl sites for hydroxylation is 2. The van der Waals surface area contributed by atoms with Crippen LogP contribution in [-0.2, 0) is 4.74 Å². The predicted octanol–water partition coefficient (Wildman–Crippen LogP) is 2.22. The number of carbonyl (C=O) groups excluding carboxylic acids is 1. The van der Waals surface area contributed by atoms with Crippen LogP contribution in [0.1, 0.15) is 21.9 Å². The van der Waals surface area contributed by atoms with Crippen molar-refractivity contribution in [2.45, 2.75) is 13.8 Å². The molecule has 6 nitrogen and oxygen atoms in total. The molecule has 3 aromatic rings. The van der Waals surface area contributed by atoms with Gasteiger partial charge in [0.15, 0.2) is 11.3 Å². The van der Waals surface area contributed by atoms with Gasteiger partial charge in [0, 0.05) is 0 Å². The number of nitrogens with zero attached hydrogens (tertiary/aromatic N) is 4. The van der Waals surface area contributed by atoms with Gasteiger partial charge in [0.25, 0.3) is 0 Å². The molecule has 2 aromatic heterocycles. The Morgan fingerprint density at radius 1 is 1.10 bits per heavy atom. The van der Waals surface area contributed by atoms with Crippen molar-refractivity contribution in [3.63, 3.8) is 0 Å². The van der Waals surface area contributed by atoms with E-state index in [0.717, 1.165) is 5.69 Å². The molecule has 0 aliphatic rings. The fraction of sp³-hybridized carbons (Fsp3) is 0.200. The lowest BCUT2D eigenvalue weighted by molar-refractivity contribution is 0.0593. The summed E-state index contributed by atoms with van der Waals surface area (Å²) in [6.45, 7) is 3.57. The fourth-order valence-electron chi connectivity index (χ4n) is 2.18. The topological polar surface area (TPSA) is 69.9 Å². The van der Waals surface area contributed by atoms with Gasteiger partial charge in [-0.15, -0.1) is 0 Å². The Morgan fingerprint density at radius 3 is 2.48 bits per heavy atom. The number of hydrogen-bond acceptors (Lipinski definition) is 5. The molecule has 0 atom stereocenters. The highest BCUT2D eigenvalue weighted by Gasteiger charge is 2.18. The van der Waals surface area contributed by atoms with Crippen molar-refractivity contribution in [2.24, 2.45) is 0 Å². The number of benzene rings is 1. The minimum atomic E-state index is -0.492. The van der Waals surface area contributed by atoms with Crippen molar-refractivity contribution in [2.75, 3.05) is 7.11 Å². The minimum absolute atomic E-state index is 0.223. The van der Waals surface area contributed by atoms with E-state index in [0.29, 0.717) is 22.6 Å². The van der Waals surface area contributed by atoms with E-state index < -0.39 is 5.97 Å². The Morgan fingerprint density at radius 2 is 1.81 bits per heavy atom. The van der Waals surface area contributed by atoms with Crippen LogP contribution in [-0.4, -0.2) is 32.8 Å². The zero-order valence-corrected chi connectivity index (χ0v) is 12.0. The number of ether oxygens (including phenoxy) is 1. The summed E-state index contributed by atoms with van der Waals surface area (Å²) in [4.78, 5) is 20.6. The Hall–Kier alpha value is -2.76. The highest BCUT2D eigenvalue weighted by atomic mass is 16.5. The molecule has 0 radical (unpaired) electrons. The Bertz CT molecular complexity index is 825. The first-order valence-corrected chi connectivity index (χ1v) is 6.49. The van der Waals surface area contributed by atoms with E-state index in [1.54, 1.807) is 11.6 Å². The maximum atomic E-state index is 11.7. The van der Waals surface area contributed by atoms with Crippen LogP contribution in [0.25, 0.3) is 16.9 Å². The summed E-state index contributed by atoms with van der Waals surface area (Å²) >= 11 is 0. The SMILES string of the molecule is COC(=O)c1nc2c(C)nn(-c3ccccc3)c2nc1C. The monoisotopic (exact) mass is 282 g/mol. The molecule has 106 valence electrons. The van der Waals surface area contributed by atoms with E-state index in [2.05, 4.69) is 15.1 Å². The summed E-state index contributed by atoms with van der Waals surface area (Å²) in [5.41, 5.74) is 3.59. The van der Waals surface area contributed by atoms with Gasteiger partial charge in [0.1, 0.15) is 5.52 Å². The van der Waals surface area contributed by atoms with Crippen LogP contribution in [0.4, 0.5) is 0 Å². The molecule has 0 aliphatic carbocycles. The average molecular weight is 282 g/mol. The van der Waals surface area contributed by atoms with Gasteiger partial charge in [0.05, 0.1) is 24.2 Å². The second-order valence-corrected chi connectivity index (χ2v) is 4.65. The number of carbonyl (C=O) groups is 1. The number of esters is 1. The number of methoxy groups -OCH3 is 1. The molecule has 0 amide bonds. The van der Waals surface area contributed by atoms with Crippen molar-refractivity contribution < 1.29 is 9.53 Å². The van der Waals surface area contributed by atoms with E-state index in [-0.39, 0.29) is 5.69 Å². The summed E-state index contributed by atoms with van der Waals surface area (Å²) in [5, 5.41) is 4.47. The maximum Gasteiger partial charge on any atom is 0.358 e. The quantitative estimate of drug-likeness (QED) is 0.674. The van der Waals surface area contributed by atoms with Crippen LogP contribution < -0.4 is 0 Å². The smallest absolute Gasteiger partial charge is 0.358 e. The van der Waals surface area contributed by atoms with Crippen molar-refractivity contribution in [1.82, 2.24) is 19.7 Å². The van der Waals surface area contributed by atoms with Crippen LogP contribution in [0.15, 0.2) is 30.3 Å². The minimum Gasteiger partial charge on any atom is -0.464 e. The highest BCUT2D eigenvalue weighted by Crippen LogP contribution is 2.20. The van der Waals surface area contributed by atoms with Crippen LogP contribution >= 0.6 is 0 Å². The van der Waals surface area contributed by atoms with Gasteiger partial charge in [-0.2, -0.15) is 5.10 Å². The zero-order valence-electron chi connectivity index (χ0n) is 12.0. The van der Waals surface area contributed by atoms with E-state index in [9.17, 15) is 4.79 Å². The average Bonchev–Trinajstić information content (AvgIpc) is 2.83. The molecule has 2 heterocycles. The van der Waals surface area contributed by atoms with Crippen LogP contribution in [0.3, 0.4) is 0 Å². The lowest BCUT2D eigenvalue weighted by Crippen LogP contribution is -2.09. The maximum absolute atomic E-state index is 11.7. The molecular formula is C15H14N4O2. The van der Waals surface area contributed by atoms with Gasteiger partial charge in [-0.3, -0.25) is 0 Å². The second kappa shape index (κ2) is 4.97. The number of rotatable bonds is 2. The van der Waals surface area contributed by atoms with Gasteiger partial charge < -0.3 is 4.74 Å². The summed E-state index contributed by atoms with van der Waals surface area (Å²) in [6.07, 6.45) is 0. The molecule has 0 unspecified atom stereocenters. The summed E-state index contributed by atoms with van der Waals surface area (Å²) < 4.78 is 6.46. The molecule has 0 saturated carbocycles. The Kier molecular flexibility index (Phi) is 3.13. The lowest BCUT2D eigenvalue weighted by atomic mass is 10.3. The molecule has 0 aliphatic heterocycles. The third-order valence-corrected chi connectivity index (χ3v) is 3.22. The molecule has 0 spiro atoms. The fourth-order valence-corrected chi connectivity index (χ4v) is 2.18. The lowest BCUT2D eigenvalue weighted by Gasteiger charge is -2.05. The number of hydrogen-bond donors (Lipinski definition) is 0. The number of fused-ring (bicyclic) bond motifs is 1. The van der Waals surface area contributed by atoms with Gasteiger partial charge in [-0.1, -0.05) is 18.2 Å². The predicted molar refractivity (Wildman–Crippen MR) is 77.5 cm³/mol. The van der Waals surface area contributed by atoms with E-state index in [4.69, 9.17) is 4.74 Å². The molecule has 0 saturated heterocycles. The van der Waals surface area contributed by atoms with Crippen LogP contribution in [0, 0.1) is 13.8 Å². The van der Waals surface area contributed by atoms with Crippen LogP contribution in [0.5, 0.6) is 0 Å². The van der Waals surface area contributed by atoms with Crippen molar-refractivity contribution in [3.8, 4) is 5.69 Å².